The van der Waals surface area contributed by atoms with E-state index in [1.54, 1.807) is 0 Å². The lowest BCUT2D eigenvalue weighted by molar-refractivity contribution is -0.179. The Morgan fingerprint density at radius 2 is 2.04 bits per heavy atom. The van der Waals surface area contributed by atoms with Crippen molar-refractivity contribution in [1.29, 1.82) is 0 Å². The normalized spacial score (nSPS) is 24.5. The molecular formula is C22H29N3O3. The molecule has 6 nitrogen and oxygen atoms in total. The van der Waals surface area contributed by atoms with E-state index in [1.165, 1.54) is 0 Å². The number of benzene rings is 1. The van der Waals surface area contributed by atoms with Crippen LogP contribution in [0.15, 0.2) is 30.3 Å². The first kappa shape index (κ1) is 19.2. The predicted octanol–water partition coefficient (Wildman–Crippen LogP) is 3.31. The third-order valence-corrected chi connectivity index (χ3v) is 6.11. The van der Waals surface area contributed by atoms with Crippen LogP contribution in [0.2, 0.25) is 0 Å². The SMILES string of the molecule is CC[C@H]1C[C@@H](O)CC2(CCN(C(=O)c3nc(-c4ccccc4)[nH]c3C)CC2)O1. The minimum absolute atomic E-state index is 0.0332. The molecule has 28 heavy (non-hydrogen) atoms. The largest absolute Gasteiger partial charge is 0.393 e. The van der Waals surface area contributed by atoms with Gasteiger partial charge in [0.1, 0.15) is 11.5 Å². The number of aliphatic hydroxyl groups excluding tert-OH is 1. The van der Waals surface area contributed by atoms with Gasteiger partial charge in [-0.15, -0.1) is 0 Å². The molecule has 0 radical (unpaired) electrons. The van der Waals surface area contributed by atoms with E-state index in [1.807, 2.05) is 42.2 Å². The Morgan fingerprint density at radius 3 is 2.71 bits per heavy atom. The number of amides is 1. The number of likely N-dealkylation sites (tertiary alicyclic amines) is 1. The van der Waals surface area contributed by atoms with Crippen LogP contribution in [0.25, 0.3) is 11.4 Å². The van der Waals surface area contributed by atoms with Crippen molar-refractivity contribution in [2.45, 2.75) is 63.8 Å². The van der Waals surface area contributed by atoms with Gasteiger partial charge in [0, 0.05) is 30.8 Å². The lowest BCUT2D eigenvalue weighted by atomic mass is 9.81. The second-order valence-electron chi connectivity index (χ2n) is 8.14. The van der Waals surface area contributed by atoms with Crippen molar-refractivity contribution in [1.82, 2.24) is 14.9 Å². The molecule has 0 saturated carbocycles. The summed E-state index contributed by atoms with van der Waals surface area (Å²) in [4.78, 5) is 22.8. The number of nitrogens with zero attached hydrogens (tertiary/aromatic N) is 2. The molecule has 2 atom stereocenters. The number of hydrogen-bond acceptors (Lipinski definition) is 4. The Hall–Kier alpha value is -2.18. The first-order valence-electron chi connectivity index (χ1n) is 10.3. The molecule has 1 spiro atoms. The van der Waals surface area contributed by atoms with Crippen LogP contribution < -0.4 is 0 Å². The number of carbonyl (C=O) groups is 1. The third-order valence-electron chi connectivity index (χ3n) is 6.11. The second kappa shape index (κ2) is 7.68. The zero-order valence-electron chi connectivity index (χ0n) is 16.6. The van der Waals surface area contributed by atoms with Crippen LogP contribution in [0.5, 0.6) is 0 Å². The fourth-order valence-corrected chi connectivity index (χ4v) is 4.51. The number of aromatic amines is 1. The summed E-state index contributed by atoms with van der Waals surface area (Å²) in [6.45, 7) is 5.26. The van der Waals surface area contributed by atoms with E-state index in [2.05, 4.69) is 16.9 Å². The van der Waals surface area contributed by atoms with Crippen LogP contribution in [0.1, 0.15) is 55.2 Å². The number of aryl methyl sites for hydroxylation is 1. The molecule has 6 heteroatoms. The summed E-state index contributed by atoms with van der Waals surface area (Å²) in [5, 5.41) is 10.3. The Bertz CT molecular complexity index is 825. The molecule has 150 valence electrons. The summed E-state index contributed by atoms with van der Waals surface area (Å²) in [6, 6.07) is 9.84. The number of carbonyl (C=O) groups excluding carboxylic acids is 1. The van der Waals surface area contributed by atoms with Crippen molar-refractivity contribution in [3.63, 3.8) is 0 Å². The van der Waals surface area contributed by atoms with E-state index < -0.39 is 0 Å². The van der Waals surface area contributed by atoms with Gasteiger partial charge >= 0.3 is 0 Å². The highest BCUT2D eigenvalue weighted by atomic mass is 16.5. The monoisotopic (exact) mass is 383 g/mol. The van der Waals surface area contributed by atoms with Gasteiger partial charge in [-0.25, -0.2) is 4.98 Å². The Labute approximate surface area is 165 Å². The van der Waals surface area contributed by atoms with Gasteiger partial charge in [-0.3, -0.25) is 4.79 Å². The molecule has 1 amide bonds. The van der Waals surface area contributed by atoms with Gasteiger partial charge in [-0.05, 0) is 32.6 Å². The van der Waals surface area contributed by atoms with Gasteiger partial charge in [0.15, 0.2) is 0 Å². The first-order chi connectivity index (χ1) is 13.5. The smallest absolute Gasteiger partial charge is 0.274 e. The molecule has 2 N–H and O–H groups in total. The Balaban J connectivity index is 1.45. The first-order valence-corrected chi connectivity index (χ1v) is 10.3. The second-order valence-corrected chi connectivity index (χ2v) is 8.14. The van der Waals surface area contributed by atoms with Crippen LogP contribution in [0.3, 0.4) is 0 Å². The zero-order chi connectivity index (χ0) is 19.7. The molecule has 0 unspecified atom stereocenters. The van der Waals surface area contributed by atoms with Crippen LogP contribution in [0.4, 0.5) is 0 Å². The third kappa shape index (κ3) is 3.71. The van der Waals surface area contributed by atoms with E-state index in [0.29, 0.717) is 25.2 Å². The molecule has 3 heterocycles. The summed E-state index contributed by atoms with van der Waals surface area (Å²) in [7, 11) is 0. The highest BCUT2D eigenvalue weighted by Crippen LogP contribution is 2.38. The topological polar surface area (TPSA) is 78.5 Å². The number of ether oxygens (including phenoxy) is 1. The van der Waals surface area contributed by atoms with Crippen molar-refractivity contribution in [2.24, 2.45) is 0 Å². The number of piperidine rings is 1. The summed E-state index contributed by atoms with van der Waals surface area (Å²) >= 11 is 0. The highest BCUT2D eigenvalue weighted by molar-refractivity contribution is 5.94. The minimum Gasteiger partial charge on any atom is -0.393 e. The van der Waals surface area contributed by atoms with Crippen molar-refractivity contribution < 1.29 is 14.6 Å². The summed E-state index contributed by atoms with van der Waals surface area (Å²) < 4.78 is 6.33. The molecule has 4 rings (SSSR count). The maximum Gasteiger partial charge on any atom is 0.274 e. The summed E-state index contributed by atoms with van der Waals surface area (Å²) in [5.74, 6) is 0.689. The predicted molar refractivity (Wildman–Crippen MR) is 107 cm³/mol. The maximum atomic E-state index is 13.1. The van der Waals surface area contributed by atoms with Crippen LogP contribution in [-0.2, 0) is 4.74 Å². The van der Waals surface area contributed by atoms with Crippen molar-refractivity contribution in [3.8, 4) is 11.4 Å². The molecule has 2 aromatic rings. The molecule has 2 aliphatic rings. The fourth-order valence-electron chi connectivity index (χ4n) is 4.51. The fraction of sp³-hybridized carbons (Fsp3) is 0.545. The van der Waals surface area contributed by atoms with E-state index in [0.717, 1.165) is 42.8 Å². The van der Waals surface area contributed by atoms with Crippen molar-refractivity contribution in [3.05, 3.63) is 41.7 Å². The Morgan fingerprint density at radius 1 is 1.32 bits per heavy atom. The molecule has 2 saturated heterocycles. The Kier molecular flexibility index (Phi) is 5.25. The number of aromatic nitrogens is 2. The van der Waals surface area contributed by atoms with E-state index in [9.17, 15) is 9.90 Å². The molecule has 0 bridgehead atoms. The van der Waals surface area contributed by atoms with E-state index >= 15 is 0 Å². The number of H-pyrrole nitrogens is 1. The van der Waals surface area contributed by atoms with Gasteiger partial charge < -0.3 is 19.7 Å². The van der Waals surface area contributed by atoms with Gasteiger partial charge in [0.25, 0.3) is 5.91 Å². The average molecular weight is 383 g/mol. The van der Waals surface area contributed by atoms with Crippen LogP contribution >= 0.6 is 0 Å². The van der Waals surface area contributed by atoms with Gasteiger partial charge in [0.2, 0.25) is 0 Å². The molecule has 1 aromatic heterocycles. The van der Waals surface area contributed by atoms with Crippen molar-refractivity contribution >= 4 is 5.91 Å². The molecule has 2 fully saturated rings. The minimum atomic E-state index is -0.303. The number of hydrogen-bond donors (Lipinski definition) is 2. The average Bonchev–Trinajstić information content (AvgIpc) is 3.10. The summed E-state index contributed by atoms with van der Waals surface area (Å²) in [6.07, 6.45) is 3.65. The van der Waals surface area contributed by atoms with Gasteiger partial charge in [-0.1, -0.05) is 37.3 Å². The van der Waals surface area contributed by atoms with Crippen molar-refractivity contribution in [2.75, 3.05) is 13.1 Å². The lowest BCUT2D eigenvalue weighted by Gasteiger charge is -2.47. The summed E-state index contributed by atoms with van der Waals surface area (Å²) in [5.41, 5.74) is 1.97. The quantitative estimate of drug-likeness (QED) is 0.852. The maximum absolute atomic E-state index is 13.1. The van der Waals surface area contributed by atoms with Gasteiger partial charge in [-0.2, -0.15) is 0 Å². The standard InChI is InChI=1S/C22H29N3O3/c1-3-18-13-17(26)14-22(28-18)9-11-25(12-10-22)21(27)19-15(2)23-20(24-19)16-7-5-4-6-8-16/h4-8,17-18,26H,3,9-14H2,1-2H3,(H,23,24)/t17-,18+/m1/s1. The number of nitrogens with one attached hydrogen (secondary N) is 1. The van der Waals surface area contributed by atoms with E-state index in [4.69, 9.17) is 4.74 Å². The molecule has 2 aliphatic heterocycles. The zero-order valence-corrected chi connectivity index (χ0v) is 16.6. The molecular weight excluding hydrogens is 354 g/mol. The van der Waals surface area contributed by atoms with E-state index in [-0.39, 0.29) is 23.7 Å². The molecule has 0 aliphatic carbocycles. The highest BCUT2D eigenvalue weighted by Gasteiger charge is 2.43. The van der Waals surface area contributed by atoms with Gasteiger partial charge in [0.05, 0.1) is 17.8 Å². The number of imidazole rings is 1. The lowest BCUT2D eigenvalue weighted by Crippen LogP contribution is -2.53. The van der Waals surface area contributed by atoms with Crippen LogP contribution in [0, 0.1) is 6.92 Å². The number of aliphatic hydroxyl groups is 1. The molecule has 1 aromatic carbocycles. The number of rotatable bonds is 3. The van der Waals surface area contributed by atoms with Crippen LogP contribution in [-0.4, -0.2) is 56.8 Å².